The molecule has 6 unspecified atom stereocenters. The number of fused-ring (bicyclic) bond motifs is 1. The molecule has 5 heterocycles. The Labute approximate surface area is 344 Å². The van der Waals surface area contributed by atoms with E-state index < -0.39 is 89.0 Å². The van der Waals surface area contributed by atoms with Crippen molar-refractivity contribution in [1.29, 1.82) is 0 Å². The fourth-order valence-electron chi connectivity index (χ4n) is 9.04. The van der Waals surface area contributed by atoms with E-state index >= 15 is 0 Å². The maximum atomic E-state index is 14.7. The Bertz CT molecular complexity index is 1790. The van der Waals surface area contributed by atoms with Crippen LogP contribution in [0, 0.1) is 35.5 Å². The van der Waals surface area contributed by atoms with Gasteiger partial charge in [0.05, 0.1) is 17.8 Å². The Balaban J connectivity index is 1.48. The quantitative estimate of drug-likeness (QED) is 0.101. The highest BCUT2D eigenvalue weighted by atomic mass is 16.7. The van der Waals surface area contributed by atoms with Crippen LogP contribution < -0.4 is 16.2 Å². The number of aliphatic hydroxyl groups excluding tert-OH is 1. The average molecular weight is 832 g/mol. The Hall–Kier alpha value is -4.43. The van der Waals surface area contributed by atoms with Crippen LogP contribution in [-0.4, -0.2) is 119 Å². The van der Waals surface area contributed by atoms with Crippen LogP contribution in [0.4, 0.5) is 6.01 Å². The number of hydrazine groups is 1. The summed E-state index contributed by atoms with van der Waals surface area (Å²) >= 11 is 0. The second-order valence-corrected chi connectivity index (χ2v) is 16.8. The number of carbonyl (C=O) groups excluding carboxylic acids is 4. The molecule has 328 valence electrons. The first-order valence-electron chi connectivity index (χ1n) is 20.2. The van der Waals surface area contributed by atoms with Gasteiger partial charge in [-0.2, -0.15) is 4.98 Å². The predicted octanol–water partition coefficient (Wildman–Crippen LogP) is 2.38. The Morgan fingerprint density at radius 1 is 1.08 bits per heavy atom. The fraction of sp³-hybridized carbons (Fsp3) is 0.725. The number of Topliss-reactive ketones (excluding diaryl/α,β-unsaturated/α-hetero) is 2. The van der Waals surface area contributed by atoms with Crippen LogP contribution in [0.2, 0.25) is 0 Å². The number of aromatic nitrogens is 2. The van der Waals surface area contributed by atoms with Gasteiger partial charge in [0, 0.05) is 49.2 Å². The molecule has 4 aliphatic rings. The number of carbonyl (C=O) groups is 4. The Kier molecular flexibility index (Phi) is 14.3. The number of rotatable bonds is 10. The van der Waals surface area contributed by atoms with Gasteiger partial charge < -0.3 is 48.8 Å². The van der Waals surface area contributed by atoms with Gasteiger partial charge in [0.15, 0.2) is 30.1 Å². The van der Waals surface area contributed by atoms with E-state index in [2.05, 4.69) is 20.7 Å². The molecular formula is C40H61N7O12. The van der Waals surface area contributed by atoms with Gasteiger partial charge in [-0.25, -0.2) is 5.01 Å². The van der Waals surface area contributed by atoms with Crippen molar-refractivity contribution in [3.8, 4) is 0 Å². The van der Waals surface area contributed by atoms with E-state index in [0.717, 1.165) is 0 Å². The number of allylic oxidation sites excluding steroid dienone is 2. The standard InChI is InChI=1S/C40H61N7O12/c1-12-26-40(8)29(28(36(52)58-40)34(41)45-54-19-27-43-38(59-44-27)47-16-14-13-15-42-47)22(4)30(48)20(2)18-39(7,53-11)33(23(5)31(49)24(6)35(51)56-26)57-37-32(50)25(46(9)10)17-21(3)55-37/h13-16,20-26,28-29,32-33,37,42,50H,12,17-19H2,1-11H3,(H2,41,45)/t20-,21?,22-,23+,24-,25?,26-,28?,29?,32?,33-,37?,39+,40-/m1/s1. The molecule has 0 aliphatic carbocycles. The molecule has 19 nitrogen and oxygen atoms in total. The van der Waals surface area contributed by atoms with Crippen LogP contribution in [0.15, 0.2) is 34.2 Å². The number of anilines is 1. The minimum Gasteiger partial charge on any atom is -0.458 e. The zero-order valence-corrected chi connectivity index (χ0v) is 35.8. The third-order valence-electron chi connectivity index (χ3n) is 12.4. The summed E-state index contributed by atoms with van der Waals surface area (Å²) in [5, 5.41) is 20.8. The van der Waals surface area contributed by atoms with Crippen molar-refractivity contribution in [2.45, 2.75) is 129 Å². The first-order chi connectivity index (χ1) is 27.8. The molecule has 0 bridgehead atoms. The highest BCUT2D eigenvalue weighted by Gasteiger charge is 2.62. The predicted molar refractivity (Wildman–Crippen MR) is 210 cm³/mol. The maximum absolute atomic E-state index is 14.7. The Morgan fingerprint density at radius 2 is 1.80 bits per heavy atom. The molecule has 59 heavy (non-hydrogen) atoms. The zero-order valence-electron chi connectivity index (χ0n) is 35.8. The topological polar surface area (TPSA) is 240 Å². The van der Waals surface area contributed by atoms with E-state index in [1.165, 1.54) is 19.0 Å². The zero-order chi connectivity index (χ0) is 43.6. The third kappa shape index (κ3) is 9.33. The number of likely N-dealkylation sites (N-methyl/N-ethyl adjacent to an activating group) is 1. The van der Waals surface area contributed by atoms with E-state index in [0.29, 0.717) is 6.42 Å². The van der Waals surface area contributed by atoms with E-state index in [4.69, 9.17) is 38.8 Å². The molecule has 0 radical (unpaired) electrons. The lowest BCUT2D eigenvalue weighted by Gasteiger charge is -2.47. The van der Waals surface area contributed by atoms with Gasteiger partial charge in [-0.3, -0.25) is 24.6 Å². The highest BCUT2D eigenvalue weighted by Crippen LogP contribution is 2.48. The van der Waals surface area contributed by atoms with Crippen molar-refractivity contribution in [2.24, 2.45) is 46.4 Å². The summed E-state index contributed by atoms with van der Waals surface area (Å²) in [6, 6.07) is -0.175. The lowest BCUT2D eigenvalue weighted by Crippen LogP contribution is -2.59. The number of ether oxygens (including phenoxy) is 5. The van der Waals surface area contributed by atoms with Crippen LogP contribution in [0.25, 0.3) is 0 Å². The maximum Gasteiger partial charge on any atom is 0.347 e. The number of ketones is 2. The van der Waals surface area contributed by atoms with Crippen molar-refractivity contribution >= 4 is 35.4 Å². The first kappa shape index (κ1) is 45.7. The molecule has 3 saturated heterocycles. The van der Waals surface area contributed by atoms with Crippen LogP contribution >= 0.6 is 0 Å². The average Bonchev–Trinajstić information content (AvgIpc) is 3.79. The summed E-state index contributed by atoms with van der Waals surface area (Å²) in [6.45, 7) is 13.1. The number of nitrogens with two attached hydrogens (primary N) is 1. The van der Waals surface area contributed by atoms with Crippen molar-refractivity contribution in [3.63, 3.8) is 0 Å². The van der Waals surface area contributed by atoms with E-state index in [1.807, 2.05) is 25.9 Å². The van der Waals surface area contributed by atoms with Crippen molar-refractivity contribution in [2.75, 3.05) is 26.2 Å². The molecule has 5 rings (SSSR count). The summed E-state index contributed by atoms with van der Waals surface area (Å²) in [6.07, 6.45) is 2.89. The molecule has 0 saturated carbocycles. The molecule has 4 aliphatic heterocycles. The lowest BCUT2D eigenvalue weighted by molar-refractivity contribution is -0.295. The fourth-order valence-corrected chi connectivity index (χ4v) is 9.04. The van der Waals surface area contributed by atoms with Gasteiger partial charge >= 0.3 is 18.0 Å². The van der Waals surface area contributed by atoms with E-state index in [-0.39, 0.29) is 55.1 Å². The molecule has 1 aromatic rings. The number of cyclic esters (lactones) is 1. The molecule has 0 aromatic carbocycles. The number of esters is 2. The van der Waals surface area contributed by atoms with Gasteiger partial charge in [0.1, 0.15) is 29.8 Å². The van der Waals surface area contributed by atoms with Crippen LogP contribution in [0.3, 0.4) is 0 Å². The highest BCUT2D eigenvalue weighted by molar-refractivity contribution is 6.03. The molecule has 0 spiro atoms. The van der Waals surface area contributed by atoms with Gasteiger partial charge in [0.25, 0.3) is 0 Å². The first-order valence-corrected chi connectivity index (χ1v) is 20.2. The number of amidine groups is 1. The smallest absolute Gasteiger partial charge is 0.347 e. The second kappa shape index (κ2) is 18.5. The van der Waals surface area contributed by atoms with Gasteiger partial charge in [-0.1, -0.05) is 38.0 Å². The van der Waals surface area contributed by atoms with Crippen LogP contribution in [0.5, 0.6) is 0 Å². The van der Waals surface area contributed by atoms with Gasteiger partial charge in [-0.15, -0.1) is 0 Å². The monoisotopic (exact) mass is 831 g/mol. The Morgan fingerprint density at radius 3 is 2.42 bits per heavy atom. The van der Waals surface area contributed by atoms with Crippen molar-refractivity contribution in [1.82, 2.24) is 20.5 Å². The van der Waals surface area contributed by atoms with E-state index in [1.54, 1.807) is 66.1 Å². The summed E-state index contributed by atoms with van der Waals surface area (Å²) in [5.41, 5.74) is 6.49. The van der Waals surface area contributed by atoms with Crippen LogP contribution in [-0.2, 0) is 54.3 Å². The summed E-state index contributed by atoms with van der Waals surface area (Å²) in [7, 11) is 5.15. The van der Waals surface area contributed by atoms with Gasteiger partial charge in [0.2, 0.25) is 5.82 Å². The molecule has 3 fully saturated rings. The van der Waals surface area contributed by atoms with Crippen molar-refractivity contribution < 1.29 is 57.3 Å². The lowest BCUT2D eigenvalue weighted by atomic mass is 9.67. The number of nitrogens with one attached hydrogen (secondary N) is 1. The molecule has 4 N–H and O–H groups in total. The van der Waals surface area contributed by atoms with Crippen molar-refractivity contribution in [3.05, 3.63) is 30.4 Å². The second-order valence-electron chi connectivity index (χ2n) is 16.8. The minimum absolute atomic E-state index is 0.0434. The molecule has 19 heteroatoms. The SMILES string of the molecule is CC[C@H]1OC(=O)[C@H](C)C(=O)[C@H](C)[C@@H](OC2OC(C)CC(N(C)C)C2O)[C@@](C)(OC)C[C@@H](C)C(=O)[C@H](C)C2C(/C(N)=N\OCc3noc(N4C=CC=CN4)n3)C(=O)O[C@@]21C. The number of nitrogens with zero attached hydrogens (tertiary/aromatic N) is 5. The number of hydrogen-bond acceptors (Lipinski definition) is 18. The van der Waals surface area contributed by atoms with Gasteiger partial charge in [-0.05, 0) is 73.2 Å². The summed E-state index contributed by atoms with van der Waals surface area (Å²) in [4.78, 5) is 68.5. The number of methoxy groups -OCH3 is 1. The normalized spacial score (nSPS) is 38.7. The minimum atomic E-state index is -1.59. The number of hydrogen-bond donors (Lipinski definition) is 3. The number of oxime groups is 1. The molecule has 14 atom stereocenters. The third-order valence-corrected chi connectivity index (χ3v) is 12.4. The molecule has 0 amide bonds. The molecular weight excluding hydrogens is 770 g/mol. The summed E-state index contributed by atoms with van der Waals surface area (Å²) in [5.74, 6) is -8.90. The summed E-state index contributed by atoms with van der Waals surface area (Å²) < 4.78 is 36.2. The van der Waals surface area contributed by atoms with E-state index in [9.17, 15) is 24.3 Å². The van der Waals surface area contributed by atoms with Crippen LogP contribution in [0.1, 0.15) is 80.5 Å². The number of aliphatic hydroxyl groups is 1. The largest absolute Gasteiger partial charge is 0.458 e. The molecule has 1 aromatic heterocycles.